The van der Waals surface area contributed by atoms with E-state index in [0.717, 1.165) is 25.3 Å². The van der Waals surface area contributed by atoms with Gasteiger partial charge in [0.25, 0.3) is 0 Å². The Hall–Kier alpha value is -0.0800. The number of aliphatic hydroxyl groups excluding tert-OH is 1. The normalized spacial score (nSPS) is 24.9. The minimum atomic E-state index is 0.0968. The molecular weight excluding hydrogens is 246 g/mol. The summed E-state index contributed by atoms with van der Waals surface area (Å²) < 4.78 is 0. The third-order valence-electron chi connectivity index (χ3n) is 6.34. The number of hydrogen-bond donors (Lipinski definition) is 2. The Bertz CT molecular complexity index is 254. The molecule has 0 aliphatic heterocycles. The second-order valence-electron chi connectivity index (χ2n) is 7.64. The molecule has 0 heterocycles. The molecular formula is C18H37NO. The molecule has 2 nitrogen and oxygen atoms in total. The quantitative estimate of drug-likeness (QED) is 0.693. The largest absolute Gasteiger partial charge is 0.396 e. The van der Waals surface area contributed by atoms with E-state index in [1.807, 2.05) is 0 Å². The van der Waals surface area contributed by atoms with Crippen LogP contribution in [0.3, 0.4) is 0 Å². The molecule has 0 spiro atoms. The van der Waals surface area contributed by atoms with E-state index in [2.05, 4.69) is 39.9 Å². The van der Waals surface area contributed by atoms with Gasteiger partial charge in [0.15, 0.2) is 0 Å². The van der Waals surface area contributed by atoms with Crippen molar-refractivity contribution in [1.29, 1.82) is 0 Å². The number of aliphatic hydroxyl groups is 1. The number of nitrogens with one attached hydrogen (secondary N) is 1. The Kier molecular flexibility index (Phi) is 7.00. The highest BCUT2D eigenvalue weighted by Crippen LogP contribution is 2.40. The van der Waals surface area contributed by atoms with E-state index in [9.17, 15) is 5.11 Å². The monoisotopic (exact) mass is 283 g/mol. The molecule has 0 aromatic heterocycles. The van der Waals surface area contributed by atoms with E-state index >= 15 is 0 Å². The minimum absolute atomic E-state index is 0.0968. The summed E-state index contributed by atoms with van der Waals surface area (Å²) >= 11 is 0. The van der Waals surface area contributed by atoms with Crippen molar-refractivity contribution in [3.8, 4) is 0 Å². The fourth-order valence-electron chi connectivity index (χ4n) is 3.51. The average Bonchev–Trinajstić information content (AvgIpc) is 2.50. The molecule has 1 fully saturated rings. The van der Waals surface area contributed by atoms with E-state index < -0.39 is 0 Å². The zero-order valence-corrected chi connectivity index (χ0v) is 14.5. The van der Waals surface area contributed by atoms with Gasteiger partial charge in [0.1, 0.15) is 0 Å². The van der Waals surface area contributed by atoms with Crippen LogP contribution in [0.4, 0.5) is 0 Å². The highest BCUT2D eigenvalue weighted by atomic mass is 16.3. The van der Waals surface area contributed by atoms with Crippen LogP contribution in [0.2, 0.25) is 0 Å². The SMILES string of the molecule is CCC(CC)(CO)CNC1CCC(C(C)(C)CC)CC1. The molecule has 0 aromatic carbocycles. The average molecular weight is 284 g/mol. The van der Waals surface area contributed by atoms with E-state index in [1.165, 1.54) is 32.1 Å². The van der Waals surface area contributed by atoms with Gasteiger partial charge in [0.05, 0.1) is 0 Å². The first-order chi connectivity index (χ1) is 9.43. The summed E-state index contributed by atoms with van der Waals surface area (Å²) in [5.74, 6) is 0.894. The lowest BCUT2D eigenvalue weighted by Gasteiger charge is -2.40. The Balaban J connectivity index is 2.40. The second kappa shape index (κ2) is 7.79. The lowest BCUT2D eigenvalue weighted by atomic mass is 9.69. The molecule has 2 N–H and O–H groups in total. The van der Waals surface area contributed by atoms with Crippen LogP contribution in [0.25, 0.3) is 0 Å². The summed E-state index contributed by atoms with van der Waals surface area (Å²) in [5, 5.41) is 13.4. The molecule has 0 aromatic rings. The van der Waals surface area contributed by atoms with Gasteiger partial charge in [-0.05, 0) is 49.9 Å². The van der Waals surface area contributed by atoms with Crippen LogP contribution in [-0.2, 0) is 0 Å². The van der Waals surface area contributed by atoms with Gasteiger partial charge in [-0.2, -0.15) is 0 Å². The summed E-state index contributed by atoms with van der Waals surface area (Å²) in [6.07, 6.45) is 8.75. The molecule has 0 amide bonds. The van der Waals surface area contributed by atoms with E-state index in [4.69, 9.17) is 0 Å². The summed E-state index contributed by atoms with van der Waals surface area (Å²) in [6.45, 7) is 12.9. The predicted octanol–water partition coefficient (Wildman–Crippen LogP) is 4.37. The van der Waals surface area contributed by atoms with Gasteiger partial charge < -0.3 is 10.4 Å². The highest BCUT2D eigenvalue weighted by molar-refractivity contribution is 4.87. The van der Waals surface area contributed by atoms with Crippen molar-refractivity contribution < 1.29 is 5.11 Å². The molecule has 0 radical (unpaired) electrons. The van der Waals surface area contributed by atoms with Crippen LogP contribution >= 0.6 is 0 Å². The molecule has 2 heteroatoms. The molecule has 20 heavy (non-hydrogen) atoms. The Morgan fingerprint density at radius 1 is 0.950 bits per heavy atom. The van der Waals surface area contributed by atoms with Crippen molar-refractivity contribution in [2.45, 2.75) is 85.6 Å². The van der Waals surface area contributed by atoms with Crippen molar-refractivity contribution in [2.24, 2.45) is 16.7 Å². The third kappa shape index (κ3) is 4.46. The van der Waals surface area contributed by atoms with Gasteiger partial charge in [-0.25, -0.2) is 0 Å². The summed E-state index contributed by atoms with van der Waals surface area (Å²) in [4.78, 5) is 0. The summed E-state index contributed by atoms with van der Waals surface area (Å²) in [7, 11) is 0. The Labute approximate surface area is 126 Å². The van der Waals surface area contributed by atoms with Crippen molar-refractivity contribution >= 4 is 0 Å². The third-order valence-corrected chi connectivity index (χ3v) is 6.34. The standard InChI is InChI=1S/C18H37NO/c1-6-17(4,5)15-9-11-16(12-10-15)19-13-18(7-2,8-3)14-20/h15-16,19-20H,6-14H2,1-5H3. The molecule has 1 aliphatic rings. The van der Waals surface area contributed by atoms with Gasteiger partial charge >= 0.3 is 0 Å². The van der Waals surface area contributed by atoms with Crippen LogP contribution in [0.1, 0.15) is 79.6 Å². The Morgan fingerprint density at radius 2 is 1.50 bits per heavy atom. The molecule has 1 aliphatic carbocycles. The number of hydrogen-bond acceptors (Lipinski definition) is 2. The second-order valence-corrected chi connectivity index (χ2v) is 7.64. The maximum Gasteiger partial charge on any atom is 0.0499 e. The number of rotatable bonds is 8. The fourth-order valence-corrected chi connectivity index (χ4v) is 3.51. The van der Waals surface area contributed by atoms with E-state index in [-0.39, 0.29) is 5.41 Å². The summed E-state index contributed by atoms with van der Waals surface area (Å²) in [5.41, 5.74) is 0.603. The molecule has 1 rings (SSSR count). The maximum absolute atomic E-state index is 9.65. The molecule has 120 valence electrons. The van der Waals surface area contributed by atoms with E-state index in [1.54, 1.807) is 0 Å². The van der Waals surface area contributed by atoms with Gasteiger partial charge in [-0.15, -0.1) is 0 Å². The van der Waals surface area contributed by atoms with Gasteiger partial charge in [0, 0.05) is 24.6 Å². The Morgan fingerprint density at radius 3 is 1.90 bits per heavy atom. The van der Waals surface area contributed by atoms with E-state index in [0.29, 0.717) is 18.1 Å². The van der Waals surface area contributed by atoms with Gasteiger partial charge in [0.2, 0.25) is 0 Å². The first kappa shape index (κ1) is 18.0. The lowest BCUT2D eigenvalue weighted by molar-refractivity contribution is 0.0973. The first-order valence-electron chi connectivity index (χ1n) is 8.77. The van der Waals surface area contributed by atoms with Crippen molar-refractivity contribution in [1.82, 2.24) is 5.32 Å². The molecule has 1 saturated carbocycles. The van der Waals surface area contributed by atoms with Gasteiger partial charge in [-0.1, -0.05) is 41.0 Å². The molecule has 0 saturated heterocycles. The zero-order chi connectivity index (χ0) is 15.2. The van der Waals surface area contributed by atoms with Crippen LogP contribution in [0.5, 0.6) is 0 Å². The molecule has 0 atom stereocenters. The topological polar surface area (TPSA) is 32.3 Å². The van der Waals surface area contributed by atoms with Gasteiger partial charge in [-0.3, -0.25) is 0 Å². The molecule has 0 unspecified atom stereocenters. The first-order valence-corrected chi connectivity index (χ1v) is 8.77. The zero-order valence-electron chi connectivity index (χ0n) is 14.5. The van der Waals surface area contributed by atoms with Crippen molar-refractivity contribution in [3.05, 3.63) is 0 Å². The van der Waals surface area contributed by atoms with Crippen LogP contribution in [-0.4, -0.2) is 24.3 Å². The smallest absolute Gasteiger partial charge is 0.0499 e. The predicted molar refractivity (Wildman–Crippen MR) is 87.9 cm³/mol. The highest BCUT2D eigenvalue weighted by Gasteiger charge is 2.32. The van der Waals surface area contributed by atoms with Crippen LogP contribution < -0.4 is 5.32 Å². The minimum Gasteiger partial charge on any atom is -0.396 e. The van der Waals surface area contributed by atoms with Crippen molar-refractivity contribution in [3.63, 3.8) is 0 Å². The van der Waals surface area contributed by atoms with Crippen LogP contribution in [0.15, 0.2) is 0 Å². The van der Waals surface area contributed by atoms with Crippen molar-refractivity contribution in [2.75, 3.05) is 13.2 Å². The fraction of sp³-hybridized carbons (Fsp3) is 1.00. The van der Waals surface area contributed by atoms with Crippen LogP contribution in [0, 0.1) is 16.7 Å². The maximum atomic E-state index is 9.65. The molecule has 0 bridgehead atoms. The lowest BCUT2D eigenvalue weighted by Crippen LogP contribution is -2.43. The summed E-state index contributed by atoms with van der Waals surface area (Å²) in [6, 6.07) is 0.669.